The molecule has 0 unspecified atom stereocenters. The Morgan fingerprint density at radius 1 is 0.950 bits per heavy atom. The third kappa shape index (κ3) is 5.94. The highest BCUT2D eigenvalue weighted by Gasteiger charge is 2.34. The molecule has 0 aliphatic carbocycles. The minimum Gasteiger partial charge on any atom is -0.489 e. The first-order valence-corrected chi connectivity index (χ1v) is 12.5. The second kappa shape index (κ2) is 11.0. The molecule has 0 atom stereocenters. The summed E-state index contributed by atoms with van der Waals surface area (Å²) in [5.74, 6) is -1.06. The van der Waals surface area contributed by atoms with E-state index < -0.39 is 23.5 Å². The Kier molecular flexibility index (Phi) is 7.49. The predicted octanol–water partition coefficient (Wildman–Crippen LogP) is 7.77. The zero-order chi connectivity index (χ0) is 28.4. The molecule has 204 valence electrons. The van der Waals surface area contributed by atoms with Gasteiger partial charge in [-0.05, 0) is 41.5 Å². The fourth-order valence-corrected chi connectivity index (χ4v) is 4.60. The predicted molar refractivity (Wildman–Crippen MR) is 143 cm³/mol. The number of benzene rings is 4. The number of alkyl halides is 3. The van der Waals surface area contributed by atoms with Crippen molar-refractivity contribution in [2.24, 2.45) is 0 Å². The lowest BCUT2D eigenvalue weighted by Crippen LogP contribution is -2.07. The van der Waals surface area contributed by atoms with Crippen LogP contribution in [0.5, 0.6) is 5.75 Å². The summed E-state index contributed by atoms with van der Waals surface area (Å²) < 4.78 is 63.4. The molecule has 0 aliphatic rings. The molecule has 10 heteroatoms. The first-order valence-electron chi connectivity index (χ1n) is 12.1. The van der Waals surface area contributed by atoms with Gasteiger partial charge >= 0.3 is 12.1 Å². The maximum absolute atomic E-state index is 14.7. The van der Waals surface area contributed by atoms with Crippen LogP contribution in [0.15, 0.2) is 84.9 Å². The Labute approximate surface area is 231 Å². The summed E-state index contributed by atoms with van der Waals surface area (Å²) in [6.07, 6.45) is -4.72. The van der Waals surface area contributed by atoms with E-state index in [9.17, 15) is 22.4 Å². The number of carboxylic acid groups (broad SMARTS) is 1. The first kappa shape index (κ1) is 27.2. The van der Waals surface area contributed by atoms with Crippen LogP contribution in [-0.2, 0) is 30.5 Å². The minimum atomic E-state index is -4.63. The highest BCUT2D eigenvalue weighted by molar-refractivity contribution is 6.30. The maximum Gasteiger partial charge on any atom is 0.418 e. The van der Waals surface area contributed by atoms with Gasteiger partial charge in [0.1, 0.15) is 23.7 Å². The summed E-state index contributed by atoms with van der Waals surface area (Å²) >= 11 is 5.88. The SMILES string of the molecule is O=C(O)Cc1ccc(COc2cccc(-c3c4cccc(C(F)(F)F)c4nn3Cc3ccc(Cl)cc3F)c2)cc1. The fourth-order valence-electron chi connectivity index (χ4n) is 4.44. The van der Waals surface area contributed by atoms with Crippen LogP contribution in [0.2, 0.25) is 5.02 Å². The van der Waals surface area contributed by atoms with Gasteiger partial charge in [0.2, 0.25) is 0 Å². The van der Waals surface area contributed by atoms with Crippen molar-refractivity contribution in [2.75, 3.05) is 0 Å². The lowest BCUT2D eigenvalue weighted by atomic mass is 10.0. The van der Waals surface area contributed by atoms with Crippen molar-refractivity contribution in [1.82, 2.24) is 9.78 Å². The molecular weight excluding hydrogens is 548 g/mol. The summed E-state index contributed by atoms with van der Waals surface area (Å²) in [5.41, 5.74) is 1.46. The van der Waals surface area contributed by atoms with E-state index in [-0.39, 0.29) is 41.1 Å². The number of rotatable bonds is 8. The van der Waals surface area contributed by atoms with E-state index >= 15 is 0 Å². The van der Waals surface area contributed by atoms with Crippen LogP contribution < -0.4 is 4.74 Å². The van der Waals surface area contributed by atoms with E-state index in [1.807, 2.05) is 0 Å². The average Bonchev–Trinajstić information content (AvgIpc) is 3.27. The van der Waals surface area contributed by atoms with Gasteiger partial charge < -0.3 is 9.84 Å². The normalized spacial score (nSPS) is 11.6. The Morgan fingerprint density at radius 3 is 2.38 bits per heavy atom. The topological polar surface area (TPSA) is 64.3 Å². The molecule has 0 fully saturated rings. The van der Waals surface area contributed by atoms with Crippen LogP contribution >= 0.6 is 11.6 Å². The highest BCUT2D eigenvalue weighted by atomic mass is 35.5. The van der Waals surface area contributed by atoms with Crippen LogP contribution in [0.3, 0.4) is 0 Å². The molecule has 40 heavy (non-hydrogen) atoms. The van der Waals surface area contributed by atoms with Gasteiger partial charge in [0, 0.05) is 21.5 Å². The Morgan fingerprint density at radius 2 is 1.68 bits per heavy atom. The molecule has 5 aromatic rings. The van der Waals surface area contributed by atoms with E-state index in [1.165, 1.54) is 22.9 Å². The van der Waals surface area contributed by atoms with E-state index in [1.54, 1.807) is 54.6 Å². The Hall–Kier alpha value is -4.37. The van der Waals surface area contributed by atoms with Gasteiger partial charge in [-0.3, -0.25) is 9.48 Å². The van der Waals surface area contributed by atoms with Crippen LogP contribution in [0.25, 0.3) is 22.2 Å². The van der Waals surface area contributed by atoms with E-state index in [0.717, 1.165) is 17.7 Å². The summed E-state index contributed by atoms with van der Waals surface area (Å²) in [7, 11) is 0. The number of aromatic nitrogens is 2. The van der Waals surface area contributed by atoms with Gasteiger partial charge in [0.05, 0.1) is 24.2 Å². The van der Waals surface area contributed by atoms with E-state index in [2.05, 4.69) is 5.10 Å². The molecule has 5 nitrogen and oxygen atoms in total. The summed E-state index contributed by atoms with van der Waals surface area (Å²) in [6, 6.07) is 21.7. The second-order valence-electron chi connectivity index (χ2n) is 9.15. The molecule has 1 aromatic heterocycles. The number of nitrogens with zero attached hydrogens (tertiary/aromatic N) is 2. The third-order valence-corrected chi connectivity index (χ3v) is 6.54. The summed E-state index contributed by atoms with van der Waals surface area (Å²) in [4.78, 5) is 10.9. The molecule has 1 heterocycles. The Balaban J connectivity index is 1.51. The third-order valence-electron chi connectivity index (χ3n) is 6.30. The standard InChI is InChI=1S/C30H21ClF4N2O3/c31-22-12-11-21(26(32)15-22)16-37-29(24-5-2-6-25(28(24)36-37)30(33,34)35)20-3-1-4-23(14-20)40-17-19-9-7-18(8-10-19)13-27(38)39/h1-12,14-15H,13,16-17H2,(H,38,39). The molecular formula is C30H21ClF4N2O3. The number of aliphatic carboxylic acids is 1. The quantitative estimate of drug-likeness (QED) is 0.194. The van der Waals surface area contributed by atoms with Crippen molar-refractivity contribution in [3.05, 3.63) is 118 Å². The molecule has 0 radical (unpaired) electrons. The van der Waals surface area contributed by atoms with Crippen LogP contribution in [0.1, 0.15) is 22.3 Å². The first-order chi connectivity index (χ1) is 19.1. The average molecular weight is 569 g/mol. The molecule has 0 spiro atoms. The molecule has 0 saturated carbocycles. The fraction of sp³-hybridized carbons (Fsp3) is 0.133. The molecule has 1 N–H and O–H groups in total. The highest BCUT2D eigenvalue weighted by Crippen LogP contribution is 2.39. The summed E-state index contributed by atoms with van der Waals surface area (Å²) in [6.45, 7) is 0.0586. The largest absolute Gasteiger partial charge is 0.489 e. The number of carboxylic acids is 1. The second-order valence-corrected chi connectivity index (χ2v) is 9.58. The van der Waals surface area contributed by atoms with Crippen LogP contribution in [0.4, 0.5) is 17.6 Å². The number of ether oxygens (including phenoxy) is 1. The molecule has 0 aliphatic heterocycles. The maximum atomic E-state index is 14.7. The molecule has 0 saturated heterocycles. The van der Waals surface area contributed by atoms with Crippen molar-refractivity contribution < 1.29 is 32.2 Å². The van der Waals surface area contributed by atoms with Gasteiger partial charge in [-0.15, -0.1) is 0 Å². The number of fused-ring (bicyclic) bond motifs is 1. The number of halogens is 5. The summed E-state index contributed by atoms with van der Waals surface area (Å²) in [5, 5.41) is 13.7. The van der Waals surface area contributed by atoms with Crippen LogP contribution in [-0.4, -0.2) is 20.9 Å². The lowest BCUT2D eigenvalue weighted by molar-refractivity contribution is -0.137. The molecule has 0 bridgehead atoms. The smallest absolute Gasteiger partial charge is 0.418 e. The number of hydrogen-bond acceptors (Lipinski definition) is 3. The molecule has 5 rings (SSSR count). The van der Waals surface area contributed by atoms with Crippen molar-refractivity contribution >= 4 is 28.5 Å². The molecule has 0 amide bonds. The zero-order valence-electron chi connectivity index (χ0n) is 20.8. The van der Waals surface area contributed by atoms with Crippen molar-refractivity contribution in [1.29, 1.82) is 0 Å². The van der Waals surface area contributed by atoms with Crippen molar-refractivity contribution in [3.8, 4) is 17.0 Å². The number of carbonyl (C=O) groups is 1. The van der Waals surface area contributed by atoms with Crippen molar-refractivity contribution in [3.63, 3.8) is 0 Å². The van der Waals surface area contributed by atoms with E-state index in [4.69, 9.17) is 21.4 Å². The van der Waals surface area contributed by atoms with Gasteiger partial charge in [-0.25, -0.2) is 4.39 Å². The lowest BCUT2D eigenvalue weighted by Gasteiger charge is -2.12. The Bertz CT molecular complexity index is 1700. The van der Waals surface area contributed by atoms with E-state index in [0.29, 0.717) is 22.6 Å². The molecule has 4 aromatic carbocycles. The van der Waals surface area contributed by atoms with Gasteiger partial charge in [-0.1, -0.05) is 66.2 Å². The monoisotopic (exact) mass is 568 g/mol. The van der Waals surface area contributed by atoms with Crippen LogP contribution in [0, 0.1) is 5.82 Å². The minimum absolute atomic E-state index is 0.0825. The zero-order valence-corrected chi connectivity index (χ0v) is 21.5. The van der Waals surface area contributed by atoms with Gasteiger partial charge in [0.15, 0.2) is 0 Å². The van der Waals surface area contributed by atoms with Crippen molar-refractivity contribution in [2.45, 2.75) is 25.7 Å². The van der Waals surface area contributed by atoms with Gasteiger partial charge in [-0.2, -0.15) is 18.3 Å². The number of hydrogen-bond donors (Lipinski definition) is 1. The van der Waals surface area contributed by atoms with Gasteiger partial charge in [0.25, 0.3) is 0 Å².